The first-order chi connectivity index (χ1) is 17.1. The summed E-state index contributed by atoms with van der Waals surface area (Å²) in [5, 5.41) is 6.68. The Bertz CT molecular complexity index is 973. The Morgan fingerprint density at radius 3 is 2.51 bits per heavy atom. The molecule has 2 aromatic rings. The quantitative estimate of drug-likeness (QED) is 0.699. The highest BCUT2D eigenvalue weighted by molar-refractivity contribution is 6.06. The van der Waals surface area contributed by atoms with Crippen molar-refractivity contribution in [3.8, 4) is 0 Å². The van der Waals surface area contributed by atoms with Crippen LogP contribution in [0, 0.1) is 5.92 Å². The molecule has 2 amide bonds. The van der Waals surface area contributed by atoms with E-state index in [0.717, 1.165) is 63.0 Å². The molecule has 0 atom stereocenters. The molecular formula is C28H39N5O2. The van der Waals surface area contributed by atoms with Gasteiger partial charge in [0, 0.05) is 48.8 Å². The zero-order valence-corrected chi connectivity index (χ0v) is 21.0. The van der Waals surface area contributed by atoms with Crippen LogP contribution < -0.4 is 15.5 Å². The average molecular weight is 478 g/mol. The number of hydrogen-bond donors (Lipinski definition) is 2. The lowest BCUT2D eigenvalue weighted by molar-refractivity contribution is 0.0938. The summed E-state index contributed by atoms with van der Waals surface area (Å²) in [5.74, 6) is 0.476. The maximum Gasteiger partial charge on any atom is 0.258 e. The molecule has 0 saturated carbocycles. The number of aromatic nitrogens is 1. The van der Waals surface area contributed by atoms with Crippen molar-refractivity contribution in [2.24, 2.45) is 5.92 Å². The van der Waals surface area contributed by atoms with Gasteiger partial charge in [-0.2, -0.15) is 0 Å². The minimum Gasteiger partial charge on any atom is -0.352 e. The first kappa shape index (κ1) is 25.3. The van der Waals surface area contributed by atoms with Crippen LogP contribution in [0.5, 0.6) is 0 Å². The van der Waals surface area contributed by atoms with E-state index in [4.69, 9.17) is 0 Å². The van der Waals surface area contributed by atoms with Crippen LogP contribution in [-0.4, -0.2) is 61.5 Å². The first-order valence-electron chi connectivity index (χ1n) is 13.1. The largest absolute Gasteiger partial charge is 0.352 e. The van der Waals surface area contributed by atoms with E-state index in [1.165, 1.54) is 12.8 Å². The van der Waals surface area contributed by atoms with Crippen molar-refractivity contribution in [1.82, 2.24) is 20.5 Å². The number of nitrogens with one attached hydrogen (secondary N) is 2. The highest BCUT2D eigenvalue weighted by Gasteiger charge is 2.22. The zero-order chi connectivity index (χ0) is 24.5. The summed E-state index contributed by atoms with van der Waals surface area (Å²) in [6, 6.07) is 9.31. The van der Waals surface area contributed by atoms with Gasteiger partial charge >= 0.3 is 0 Å². The Hall–Kier alpha value is -2.77. The standard InChI is InChI=1S/C28H39N5O2/c1-32-17-11-22(12-18-32)20-31-27(34)24-7-8-26-25(19-24)21-30-13-5-3-2-4-6-16-33(26)28(35)23-9-14-29-15-10-23/h7-10,14-15,19,22,30H,2-6,11-13,16-18,20-21H2,1H3,(H,31,34). The number of amides is 2. The number of benzene rings is 1. The molecule has 2 aliphatic rings. The Morgan fingerprint density at radius 2 is 1.71 bits per heavy atom. The molecule has 2 aliphatic heterocycles. The topological polar surface area (TPSA) is 77.6 Å². The average Bonchev–Trinajstić information content (AvgIpc) is 2.88. The van der Waals surface area contributed by atoms with Crippen LogP contribution in [0.4, 0.5) is 5.69 Å². The zero-order valence-electron chi connectivity index (χ0n) is 21.0. The first-order valence-corrected chi connectivity index (χ1v) is 13.1. The number of carbonyl (C=O) groups excluding carboxylic acids is 2. The van der Waals surface area contributed by atoms with Gasteiger partial charge in [0.2, 0.25) is 0 Å². The van der Waals surface area contributed by atoms with Crippen LogP contribution in [0.15, 0.2) is 42.7 Å². The number of likely N-dealkylation sites (tertiary alicyclic amines) is 1. The van der Waals surface area contributed by atoms with E-state index in [-0.39, 0.29) is 11.8 Å². The molecule has 0 radical (unpaired) electrons. The van der Waals surface area contributed by atoms with E-state index < -0.39 is 0 Å². The summed E-state index contributed by atoms with van der Waals surface area (Å²) in [7, 11) is 2.15. The Morgan fingerprint density at radius 1 is 0.971 bits per heavy atom. The summed E-state index contributed by atoms with van der Waals surface area (Å²) in [6.07, 6.45) is 11.1. The number of carbonyl (C=O) groups is 2. The fourth-order valence-corrected chi connectivity index (χ4v) is 4.99. The second-order valence-electron chi connectivity index (χ2n) is 9.94. The third kappa shape index (κ3) is 7.12. The van der Waals surface area contributed by atoms with Crippen LogP contribution >= 0.6 is 0 Å². The molecule has 0 spiro atoms. The van der Waals surface area contributed by atoms with Crippen molar-refractivity contribution >= 4 is 17.5 Å². The highest BCUT2D eigenvalue weighted by Crippen LogP contribution is 2.26. The van der Waals surface area contributed by atoms with E-state index in [0.29, 0.717) is 36.7 Å². The lowest BCUT2D eigenvalue weighted by atomic mass is 9.97. The maximum atomic E-state index is 13.5. The second-order valence-corrected chi connectivity index (χ2v) is 9.94. The molecule has 1 aromatic carbocycles. The van der Waals surface area contributed by atoms with E-state index in [9.17, 15) is 9.59 Å². The van der Waals surface area contributed by atoms with Gasteiger partial charge in [0.25, 0.3) is 11.8 Å². The third-order valence-corrected chi connectivity index (χ3v) is 7.25. The molecule has 1 saturated heterocycles. The van der Waals surface area contributed by atoms with Gasteiger partial charge in [-0.3, -0.25) is 14.6 Å². The highest BCUT2D eigenvalue weighted by atomic mass is 16.2. The van der Waals surface area contributed by atoms with Crippen LogP contribution in [0.1, 0.15) is 71.2 Å². The minimum absolute atomic E-state index is 0.0230. The summed E-state index contributed by atoms with van der Waals surface area (Å²) in [4.78, 5) is 34.8. The summed E-state index contributed by atoms with van der Waals surface area (Å²) < 4.78 is 0. The van der Waals surface area contributed by atoms with Crippen molar-refractivity contribution in [2.45, 2.75) is 51.5 Å². The smallest absolute Gasteiger partial charge is 0.258 e. The van der Waals surface area contributed by atoms with Gasteiger partial charge < -0.3 is 20.4 Å². The van der Waals surface area contributed by atoms with Gasteiger partial charge in [0.05, 0.1) is 0 Å². The van der Waals surface area contributed by atoms with Gasteiger partial charge in [0.15, 0.2) is 0 Å². The summed E-state index contributed by atoms with van der Waals surface area (Å²) in [5.41, 5.74) is 3.15. The van der Waals surface area contributed by atoms with Crippen LogP contribution in [0.2, 0.25) is 0 Å². The van der Waals surface area contributed by atoms with Crippen molar-refractivity contribution < 1.29 is 9.59 Å². The number of anilines is 1. The van der Waals surface area contributed by atoms with E-state index >= 15 is 0 Å². The second kappa shape index (κ2) is 12.8. The maximum absolute atomic E-state index is 13.5. The molecule has 1 fully saturated rings. The molecule has 7 heteroatoms. The number of hydrogen-bond acceptors (Lipinski definition) is 5. The predicted molar refractivity (Wildman–Crippen MR) is 140 cm³/mol. The van der Waals surface area contributed by atoms with Gasteiger partial charge in [-0.25, -0.2) is 0 Å². The fourth-order valence-electron chi connectivity index (χ4n) is 4.99. The van der Waals surface area contributed by atoms with Crippen LogP contribution in [0.3, 0.4) is 0 Å². The normalized spacial score (nSPS) is 18.7. The number of fused-ring (bicyclic) bond motifs is 1. The van der Waals surface area contributed by atoms with E-state index in [1.807, 2.05) is 23.1 Å². The van der Waals surface area contributed by atoms with Crippen molar-refractivity contribution in [2.75, 3.05) is 44.7 Å². The van der Waals surface area contributed by atoms with Crippen molar-refractivity contribution in [3.05, 3.63) is 59.4 Å². The molecule has 0 unspecified atom stereocenters. The molecule has 3 heterocycles. The Labute approximate surface area is 209 Å². The lowest BCUT2D eigenvalue weighted by Crippen LogP contribution is -2.37. The molecular weight excluding hydrogens is 438 g/mol. The fraction of sp³-hybridized carbons (Fsp3) is 0.536. The molecule has 1 aromatic heterocycles. The monoisotopic (exact) mass is 477 g/mol. The van der Waals surface area contributed by atoms with Crippen molar-refractivity contribution in [1.29, 1.82) is 0 Å². The SMILES string of the molecule is CN1CCC(CNC(=O)c2ccc3c(c2)CNCCCCCCCN3C(=O)c2ccncc2)CC1. The summed E-state index contributed by atoms with van der Waals surface area (Å²) >= 11 is 0. The Balaban J connectivity index is 1.54. The van der Waals surface area contributed by atoms with Gasteiger partial charge in [-0.05, 0) is 94.2 Å². The molecule has 0 bridgehead atoms. The Kier molecular flexibility index (Phi) is 9.26. The molecule has 188 valence electrons. The number of piperidine rings is 1. The molecule has 4 rings (SSSR count). The van der Waals surface area contributed by atoms with Crippen LogP contribution in [0.25, 0.3) is 0 Å². The predicted octanol–water partition coefficient (Wildman–Crippen LogP) is 3.85. The number of nitrogens with zero attached hydrogens (tertiary/aromatic N) is 3. The summed E-state index contributed by atoms with van der Waals surface area (Å²) in [6.45, 7) is 5.12. The van der Waals surface area contributed by atoms with Gasteiger partial charge in [0.1, 0.15) is 0 Å². The van der Waals surface area contributed by atoms with E-state index in [2.05, 4.69) is 27.6 Å². The van der Waals surface area contributed by atoms with Crippen LogP contribution in [-0.2, 0) is 6.54 Å². The minimum atomic E-state index is -0.0372. The molecule has 2 N–H and O–H groups in total. The number of rotatable bonds is 4. The van der Waals surface area contributed by atoms with Gasteiger partial charge in [-0.1, -0.05) is 19.3 Å². The third-order valence-electron chi connectivity index (χ3n) is 7.25. The van der Waals surface area contributed by atoms with Crippen molar-refractivity contribution in [3.63, 3.8) is 0 Å². The number of pyridine rings is 1. The van der Waals surface area contributed by atoms with E-state index in [1.54, 1.807) is 24.5 Å². The molecule has 7 nitrogen and oxygen atoms in total. The molecule has 35 heavy (non-hydrogen) atoms. The van der Waals surface area contributed by atoms with Gasteiger partial charge in [-0.15, -0.1) is 0 Å². The lowest BCUT2D eigenvalue weighted by Gasteiger charge is -2.29. The molecule has 0 aliphatic carbocycles.